The Morgan fingerprint density at radius 1 is 1.25 bits per heavy atom. The second-order valence-electron chi connectivity index (χ2n) is 2.50. The molecule has 1 aromatic rings. The third kappa shape index (κ3) is 2.58. The number of amides is 1. The van der Waals surface area contributed by atoms with E-state index in [2.05, 4.69) is 0 Å². The van der Waals surface area contributed by atoms with Crippen molar-refractivity contribution in [1.82, 2.24) is 4.90 Å². The molecule has 12 heavy (non-hydrogen) atoms. The highest BCUT2D eigenvalue weighted by Gasteiger charge is 1.84. The van der Waals surface area contributed by atoms with Gasteiger partial charge in [0.2, 0.25) is 6.41 Å². The molecule has 0 aliphatic carbocycles. The molecule has 0 fully saturated rings. The summed E-state index contributed by atoms with van der Waals surface area (Å²) in [5.41, 5.74) is 1.09. The first-order valence-electron chi connectivity index (χ1n) is 3.73. The molecule has 0 spiro atoms. The summed E-state index contributed by atoms with van der Waals surface area (Å²) < 4.78 is 0. The highest BCUT2D eigenvalue weighted by molar-refractivity contribution is 5.55. The Labute approximate surface area is 72.1 Å². The summed E-state index contributed by atoms with van der Waals surface area (Å²) in [6.45, 7) is 0. The molecule has 0 radical (unpaired) electrons. The van der Waals surface area contributed by atoms with Crippen molar-refractivity contribution in [3.05, 3.63) is 42.1 Å². The van der Waals surface area contributed by atoms with E-state index in [4.69, 9.17) is 0 Å². The van der Waals surface area contributed by atoms with E-state index < -0.39 is 0 Å². The number of benzene rings is 1. The summed E-state index contributed by atoms with van der Waals surface area (Å²) in [5.74, 6) is 0. The molecule has 0 N–H and O–H groups in total. The number of carbonyl (C=O) groups is 1. The van der Waals surface area contributed by atoms with Crippen molar-refractivity contribution < 1.29 is 4.79 Å². The van der Waals surface area contributed by atoms with Crippen molar-refractivity contribution in [1.29, 1.82) is 0 Å². The molecule has 0 saturated carbocycles. The Balaban J connectivity index is 2.63. The molecular formula is C10H11NO. The third-order valence-electron chi connectivity index (χ3n) is 1.47. The van der Waals surface area contributed by atoms with Gasteiger partial charge in [0, 0.05) is 13.2 Å². The van der Waals surface area contributed by atoms with Gasteiger partial charge in [0.1, 0.15) is 0 Å². The van der Waals surface area contributed by atoms with E-state index in [0.717, 1.165) is 12.0 Å². The Hall–Kier alpha value is -1.57. The normalized spacial score (nSPS) is 10.1. The smallest absolute Gasteiger partial charge is 0.213 e. The molecule has 0 aliphatic rings. The van der Waals surface area contributed by atoms with Gasteiger partial charge in [-0.05, 0) is 11.6 Å². The maximum atomic E-state index is 10.2. The maximum Gasteiger partial charge on any atom is 0.213 e. The van der Waals surface area contributed by atoms with Crippen molar-refractivity contribution in [2.75, 3.05) is 7.05 Å². The van der Waals surface area contributed by atoms with E-state index in [1.807, 2.05) is 36.4 Å². The first kappa shape index (κ1) is 8.53. The second-order valence-corrected chi connectivity index (χ2v) is 2.50. The average molecular weight is 161 g/mol. The SMILES string of the molecule is CN(C=O)/C=C\c1ccccc1. The molecule has 0 heterocycles. The van der Waals surface area contributed by atoms with Crippen LogP contribution in [0, 0.1) is 0 Å². The van der Waals surface area contributed by atoms with Crippen molar-refractivity contribution in [3.63, 3.8) is 0 Å². The number of nitrogens with zero attached hydrogens (tertiary/aromatic N) is 1. The Bertz CT molecular complexity index is 266. The Kier molecular flexibility index (Phi) is 3.08. The van der Waals surface area contributed by atoms with Crippen LogP contribution in [0.2, 0.25) is 0 Å². The van der Waals surface area contributed by atoms with Gasteiger partial charge in [-0.3, -0.25) is 4.79 Å². The number of carbonyl (C=O) groups excluding carboxylic acids is 1. The van der Waals surface area contributed by atoms with Crippen molar-refractivity contribution in [2.24, 2.45) is 0 Å². The maximum absolute atomic E-state index is 10.2. The zero-order valence-corrected chi connectivity index (χ0v) is 6.97. The van der Waals surface area contributed by atoms with Gasteiger partial charge in [-0.15, -0.1) is 0 Å². The molecular weight excluding hydrogens is 150 g/mol. The van der Waals surface area contributed by atoms with Crippen molar-refractivity contribution >= 4 is 12.5 Å². The molecule has 0 atom stereocenters. The van der Waals surface area contributed by atoms with Gasteiger partial charge in [0.25, 0.3) is 0 Å². The van der Waals surface area contributed by atoms with Crippen LogP contribution in [-0.4, -0.2) is 18.4 Å². The third-order valence-corrected chi connectivity index (χ3v) is 1.47. The zero-order valence-electron chi connectivity index (χ0n) is 6.97. The fourth-order valence-corrected chi connectivity index (χ4v) is 0.803. The van der Waals surface area contributed by atoms with Crippen LogP contribution in [0.3, 0.4) is 0 Å². The van der Waals surface area contributed by atoms with E-state index in [0.29, 0.717) is 0 Å². The van der Waals surface area contributed by atoms with E-state index in [1.54, 1.807) is 13.2 Å². The van der Waals surface area contributed by atoms with Gasteiger partial charge >= 0.3 is 0 Å². The molecule has 0 aliphatic heterocycles. The molecule has 0 saturated heterocycles. The average Bonchev–Trinajstić information content (AvgIpc) is 2.16. The van der Waals surface area contributed by atoms with Crippen LogP contribution >= 0.6 is 0 Å². The van der Waals surface area contributed by atoms with E-state index in [-0.39, 0.29) is 0 Å². The van der Waals surface area contributed by atoms with Crippen LogP contribution in [-0.2, 0) is 4.79 Å². The molecule has 2 heteroatoms. The van der Waals surface area contributed by atoms with E-state index in [1.165, 1.54) is 4.90 Å². The number of rotatable bonds is 3. The van der Waals surface area contributed by atoms with Crippen LogP contribution in [0.5, 0.6) is 0 Å². The zero-order chi connectivity index (χ0) is 8.81. The van der Waals surface area contributed by atoms with Crippen LogP contribution in [0.1, 0.15) is 5.56 Å². The highest BCUT2D eigenvalue weighted by atomic mass is 16.1. The lowest BCUT2D eigenvalue weighted by Gasteiger charge is -2.00. The van der Waals surface area contributed by atoms with Gasteiger partial charge in [-0.1, -0.05) is 30.3 Å². The summed E-state index contributed by atoms with van der Waals surface area (Å²) in [7, 11) is 1.70. The van der Waals surface area contributed by atoms with E-state index in [9.17, 15) is 4.79 Å². The quantitative estimate of drug-likeness (QED) is 0.618. The Morgan fingerprint density at radius 3 is 2.50 bits per heavy atom. The minimum atomic E-state index is 0.763. The van der Waals surface area contributed by atoms with Gasteiger partial charge < -0.3 is 4.90 Å². The summed E-state index contributed by atoms with van der Waals surface area (Å²) in [6.07, 6.45) is 4.37. The lowest BCUT2D eigenvalue weighted by atomic mass is 10.2. The molecule has 1 amide bonds. The molecule has 62 valence electrons. The predicted octanol–water partition coefficient (Wildman–Crippen LogP) is 1.75. The summed E-state index contributed by atoms with van der Waals surface area (Å²) in [6, 6.07) is 9.84. The summed E-state index contributed by atoms with van der Waals surface area (Å²) in [4.78, 5) is 11.7. The van der Waals surface area contributed by atoms with Crippen LogP contribution in [0.25, 0.3) is 6.08 Å². The van der Waals surface area contributed by atoms with Crippen LogP contribution < -0.4 is 0 Å². The number of hydrogen-bond acceptors (Lipinski definition) is 1. The molecule has 0 bridgehead atoms. The van der Waals surface area contributed by atoms with Gasteiger partial charge in [0.15, 0.2) is 0 Å². The number of hydrogen-bond donors (Lipinski definition) is 0. The minimum absolute atomic E-state index is 0.763. The standard InChI is InChI=1S/C10H11NO/c1-11(9-12)8-7-10-5-3-2-4-6-10/h2-9H,1H3/b8-7-. The fraction of sp³-hybridized carbons (Fsp3) is 0.100. The molecule has 1 aromatic carbocycles. The lowest BCUT2D eigenvalue weighted by molar-refractivity contribution is -0.114. The molecule has 2 nitrogen and oxygen atoms in total. The molecule has 0 aromatic heterocycles. The highest BCUT2D eigenvalue weighted by Crippen LogP contribution is 2.00. The molecule has 1 rings (SSSR count). The topological polar surface area (TPSA) is 20.3 Å². The summed E-state index contributed by atoms with van der Waals surface area (Å²) >= 11 is 0. The minimum Gasteiger partial charge on any atom is -0.325 e. The first-order chi connectivity index (χ1) is 5.83. The van der Waals surface area contributed by atoms with Crippen LogP contribution in [0.4, 0.5) is 0 Å². The van der Waals surface area contributed by atoms with Gasteiger partial charge in [-0.2, -0.15) is 0 Å². The predicted molar refractivity (Wildman–Crippen MR) is 49.3 cm³/mol. The van der Waals surface area contributed by atoms with Gasteiger partial charge in [-0.25, -0.2) is 0 Å². The second kappa shape index (κ2) is 4.34. The Morgan fingerprint density at radius 2 is 1.92 bits per heavy atom. The van der Waals surface area contributed by atoms with Crippen molar-refractivity contribution in [2.45, 2.75) is 0 Å². The van der Waals surface area contributed by atoms with Crippen LogP contribution in [0.15, 0.2) is 36.5 Å². The van der Waals surface area contributed by atoms with Gasteiger partial charge in [0.05, 0.1) is 0 Å². The fourth-order valence-electron chi connectivity index (χ4n) is 0.803. The summed E-state index contributed by atoms with van der Waals surface area (Å²) in [5, 5.41) is 0. The largest absolute Gasteiger partial charge is 0.325 e. The first-order valence-corrected chi connectivity index (χ1v) is 3.73. The molecule has 0 unspecified atom stereocenters. The monoisotopic (exact) mass is 161 g/mol. The van der Waals surface area contributed by atoms with E-state index >= 15 is 0 Å². The van der Waals surface area contributed by atoms with Crippen molar-refractivity contribution in [3.8, 4) is 0 Å². The lowest BCUT2D eigenvalue weighted by Crippen LogP contribution is -2.05.